The highest BCUT2D eigenvalue weighted by Gasteiger charge is 2.38. The number of fused-ring (bicyclic) bond motifs is 2. The first kappa shape index (κ1) is 18.6. The normalized spacial score (nSPS) is 34.2. The standard InChI is InChI=1S/C26H40/c1-3-5-19-7-9-23-17-25(13-11-21(23)15-19)26-14-12-22-16-20(6-4-2)8-10-24(22)18-26/h7,9,15,20,22,24-26H,3-6,8,10-14,16-18H2,1-2H3/t20-,22?,24-,25?,26?/m1/s1. The molecular weight excluding hydrogens is 312 g/mol. The second-order valence-corrected chi connectivity index (χ2v) is 9.92. The van der Waals surface area contributed by atoms with Gasteiger partial charge in [0.2, 0.25) is 0 Å². The Morgan fingerprint density at radius 3 is 2.35 bits per heavy atom. The molecule has 1 aromatic rings. The molecule has 0 bridgehead atoms. The summed E-state index contributed by atoms with van der Waals surface area (Å²) >= 11 is 0. The highest BCUT2D eigenvalue weighted by Crippen LogP contribution is 2.49. The summed E-state index contributed by atoms with van der Waals surface area (Å²) in [5, 5.41) is 0. The summed E-state index contributed by atoms with van der Waals surface area (Å²) in [6, 6.07) is 7.42. The zero-order chi connectivity index (χ0) is 17.9. The van der Waals surface area contributed by atoms with Gasteiger partial charge in [-0.15, -0.1) is 0 Å². The van der Waals surface area contributed by atoms with Crippen LogP contribution in [0.25, 0.3) is 0 Å². The summed E-state index contributed by atoms with van der Waals surface area (Å²) in [6.45, 7) is 4.66. The van der Waals surface area contributed by atoms with Crippen LogP contribution >= 0.6 is 0 Å². The predicted octanol–water partition coefficient (Wildman–Crippen LogP) is 7.38. The molecular formula is C26H40. The molecule has 0 spiro atoms. The molecule has 0 N–H and O–H groups in total. The van der Waals surface area contributed by atoms with E-state index in [9.17, 15) is 0 Å². The van der Waals surface area contributed by atoms with Gasteiger partial charge in [0.1, 0.15) is 0 Å². The molecule has 0 heteroatoms. The molecule has 0 radical (unpaired) electrons. The zero-order valence-electron chi connectivity index (χ0n) is 17.3. The van der Waals surface area contributed by atoms with Gasteiger partial charge in [0, 0.05) is 0 Å². The van der Waals surface area contributed by atoms with Gasteiger partial charge < -0.3 is 0 Å². The lowest BCUT2D eigenvalue weighted by molar-refractivity contribution is 0.0695. The van der Waals surface area contributed by atoms with Crippen LogP contribution in [0.2, 0.25) is 0 Å². The minimum atomic E-state index is 0.980. The first-order valence-electron chi connectivity index (χ1n) is 11.9. The van der Waals surface area contributed by atoms with E-state index in [1.165, 1.54) is 57.8 Å². The SMILES string of the molecule is CCCc1ccc2c(c1)CCC(C1CCC3C[C@H](CCC)CC[C@@H]3C1)C2. The number of benzene rings is 1. The lowest BCUT2D eigenvalue weighted by atomic mass is 9.61. The molecule has 3 unspecified atom stereocenters. The van der Waals surface area contributed by atoms with E-state index in [0.29, 0.717) is 0 Å². The predicted molar refractivity (Wildman–Crippen MR) is 113 cm³/mol. The highest BCUT2D eigenvalue weighted by molar-refractivity contribution is 5.34. The molecule has 3 aliphatic rings. The van der Waals surface area contributed by atoms with Crippen molar-refractivity contribution in [2.75, 3.05) is 0 Å². The van der Waals surface area contributed by atoms with Crippen LogP contribution in [0.3, 0.4) is 0 Å². The topological polar surface area (TPSA) is 0 Å². The van der Waals surface area contributed by atoms with Crippen molar-refractivity contribution in [3.63, 3.8) is 0 Å². The van der Waals surface area contributed by atoms with Gasteiger partial charge >= 0.3 is 0 Å². The van der Waals surface area contributed by atoms with Crippen LogP contribution in [-0.4, -0.2) is 0 Å². The smallest absolute Gasteiger partial charge is 0.0245 e. The van der Waals surface area contributed by atoms with Gasteiger partial charge in [-0.3, -0.25) is 0 Å². The average Bonchev–Trinajstić information content (AvgIpc) is 2.68. The fourth-order valence-electron chi connectivity index (χ4n) is 6.80. The van der Waals surface area contributed by atoms with Gasteiger partial charge in [-0.05, 0) is 104 Å². The monoisotopic (exact) mass is 352 g/mol. The highest BCUT2D eigenvalue weighted by atomic mass is 14.4. The van der Waals surface area contributed by atoms with Crippen molar-refractivity contribution in [1.29, 1.82) is 0 Å². The summed E-state index contributed by atoms with van der Waals surface area (Å²) in [4.78, 5) is 0. The van der Waals surface area contributed by atoms with Crippen LogP contribution in [-0.2, 0) is 19.3 Å². The van der Waals surface area contributed by atoms with Crippen LogP contribution in [0.4, 0.5) is 0 Å². The minimum absolute atomic E-state index is 0.980. The summed E-state index contributed by atoms with van der Waals surface area (Å²) in [6.07, 6.45) is 18.9. The molecule has 26 heavy (non-hydrogen) atoms. The molecule has 2 fully saturated rings. The number of rotatable bonds is 5. The van der Waals surface area contributed by atoms with Crippen molar-refractivity contribution in [3.05, 3.63) is 34.9 Å². The molecule has 0 aliphatic heterocycles. The van der Waals surface area contributed by atoms with E-state index in [1.807, 2.05) is 0 Å². The maximum absolute atomic E-state index is 2.53. The van der Waals surface area contributed by atoms with Crippen LogP contribution in [0, 0.1) is 29.6 Å². The fourth-order valence-corrected chi connectivity index (χ4v) is 6.80. The molecule has 0 aromatic heterocycles. The first-order valence-corrected chi connectivity index (χ1v) is 11.9. The quantitative estimate of drug-likeness (QED) is 0.518. The third-order valence-electron chi connectivity index (χ3n) is 8.20. The van der Waals surface area contributed by atoms with Crippen LogP contribution in [0.1, 0.15) is 94.7 Å². The van der Waals surface area contributed by atoms with Crippen molar-refractivity contribution < 1.29 is 0 Å². The summed E-state index contributed by atoms with van der Waals surface area (Å²) in [5.41, 5.74) is 4.94. The Hall–Kier alpha value is -0.780. The van der Waals surface area contributed by atoms with Crippen LogP contribution in [0.15, 0.2) is 18.2 Å². The second-order valence-electron chi connectivity index (χ2n) is 9.92. The lowest BCUT2D eigenvalue weighted by Gasteiger charge is -2.45. The molecule has 1 aromatic carbocycles. The summed E-state index contributed by atoms with van der Waals surface area (Å²) in [5.74, 6) is 5.24. The van der Waals surface area contributed by atoms with Crippen molar-refractivity contribution in [1.82, 2.24) is 0 Å². The third-order valence-corrected chi connectivity index (χ3v) is 8.20. The van der Waals surface area contributed by atoms with E-state index >= 15 is 0 Å². The Balaban J connectivity index is 1.35. The minimum Gasteiger partial charge on any atom is -0.0654 e. The van der Waals surface area contributed by atoms with E-state index in [2.05, 4.69) is 32.0 Å². The Labute approximate surface area is 162 Å². The largest absolute Gasteiger partial charge is 0.0654 e. The maximum Gasteiger partial charge on any atom is -0.0245 e. The molecule has 0 amide bonds. The lowest BCUT2D eigenvalue weighted by Crippen LogP contribution is -2.35. The molecule has 3 aliphatic carbocycles. The Morgan fingerprint density at radius 2 is 1.54 bits per heavy atom. The van der Waals surface area contributed by atoms with E-state index in [0.717, 1.165) is 29.6 Å². The average molecular weight is 353 g/mol. The van der Waals surface area contributed by atoms with Crippen molar-refractivity contribution >= 4 is 0 Å². The van der Waals surface area contributed by atoms with Gasteiger partial charge in [0.05, 0.1) is 0 Å². The van der Waals surface area contributed by atoms with Crippen molar-refractivity contribution in [2.24, 2.45) is 29.6 Å². The summed E-state index contributed by atoms with van der Waals surface area (Å²) in [7, 11) is 0. The van der Waals surface area contributed by atoms with Crippen LogP contribution < -0.4 is 0 Å². The molecule has 4 rings (SSSR count). The maximum atomic E-state index is 2.53. The number of hydrogen-bond acceptors (Lipinski definition) is 0. The van der Waals surface area contributed by atoms with E-state index in [1.54, 1.807) is 42.4 Å². The van der Waals surface area contributed by atoms with Gasteiger partial charge in [-0.25, -0.2) is 0 Å². The number of hydrogen-bond donors (Lipinski definition) is 0. The van der Waals surface area contributed by atoms with E-state index < -0.39 is 0 Å². The third kappa shape index (κ3) is 4.05. The van der Waals surface area contributed by atoms with Crippen LogP contribution in [0.5, 0.6) is 0 Å². The fraction of sp³-hybridized carbons (Fsp3) is 0.769. The van der Waals surface area contributed by atoms with Crippen molar-refractivity contribution in [2.45, 2.75) is 97.3 Å². The van der Waals surface area contributed by atoms with Gasteiger partial charge in [0.25, 0.3) is 0 Å². The molecule has 0 saturated heterocycles. The molecule has 2 saturated carbocycles. The molecule has 0 nitrogen and oxygen atoms in total. The zero-order valence-corrected chi connectivity index (χ0v) is 17.3. The number of aryl methyl sites for hydroxylation is 2. The summed E-state index contributed by atoms with van der Waals surface area (Å²) < 4.78 is 0. The second kappa shape index (κ2) is 8.49. The Morgan fingerprint density at radius 1 is 0.769 bits per heavy atom. The van der Waals surface area contributed by atoms with E-state index in [4.69, 9.17) is 0 Å². The molecule has 0 heterocycles. The Kier molecular flexibility index (Phi) is 6.07. The van der Waals surface area contributed by atoms with Gasteiger partial charge in [-0.2, -0.15) is 0 Å². The molecule has 144 valence electrons. The Bertz CT molecular complexity index is 586. The van der Waals surface area contributed by atoms with Crippen molar-refractivity contribution in [3.8, 4) is 0 Å². The van der Waals surface area contributed by atoms with Gasteiger partial charge in [0.15, 0.2) is 0 Å². The van der Waals surface area contributed by atoms with E-state index in [-0.39, 0.29) is 0 Å². The van der Waals surface area contributed by atoms with Gasteiger partial charge in [-0.1, -0.05) is 57.7 Å². The first-order chi connectivity index (χ1) is 12.8. The molecule has 5 atom stereocenters.